The average molecular weight is 313 g/mol. The molecule has 2 aromatic rings. The van der Waals surface area contributed by atoms with Crippen LogP contribution in [0.25, 0.3) is 0 Å². The highest BCUT2D eigenvalue weighted by Crippen LogP contribution is 2.19. The van der Waals surface area contributed by atoms with Crippen molar-refractivity contribution in [1.29, 1.82) is 0 Å². The Morgan fingerprint density at radius 2 is 2.10 bits per heavy atom. The number of hydrazine groups is 1. The van der Waals surface area contributed by atoms with Crippen molar-refractivity contribution in [3.05, 3.63) is 58.2 Å². The Balaban J connectivity index is 2.06. The van der Waals surface area contributed by atoms with Gasteiger partial charge in [0.25, 0.3) is 5.91 Å². The normalized spacial score (nSPS) is 10.3. The van der Waals surface area contributed by atoms with Crippen molar-refractivity contribution in [2.45, 2.75) is 6.54 Å². The number of aromatic nitrogens is 1. The fourth-order valence-corrected chi connectivity index (χ4v) is 1.83. The standard InChI is InChI=1S/C13H11ClF2N4O/c14-10-3-8(6-18-12(10)20-17)13(21)19-5-7-1-2-9(15)4-11(7)16/h1-4,6H,5,17H2,(H,18,20)(H,19,21). The Morgan fingerprint density at radius 3 is 2.71 bits per heavy atom. The van der Waals surface area contributed by atoms with Crippen molar-refractivity contribution in [2.24, 2.45) is 5.84 Å². The van der Waals surface area contributed by atoms with Gasteiger partial charge in [0.2, 0.25) is 0 Å². The summed E-state index contributed by atoms with van der Waals surface area (Å²) in [6.45, 7) is -0.0839. The minimum absolute atomic E-state index is 0.0839. The zero-order valence-electron chi connectivity index (χ0n) is 10.7. The maximum absolute atomic E-state index is 13.4. The molecule has 0 aliphatic carbocycles. The monoisotopic (exact) mass is 312 g/mol. The van der Waals surface area contributed by atoms with Gasteiger partial charge in [-0.3, -0.25) is 4.79 Å². The van der Waals surface area contributed by atoms with E-state index < -0.39 is 17.5 Å². The number of nitrogen functional groups attached to an aromatic ring is 1. The van der Waals surface area contributed by atoms with Gasteiger partial charge in [0.1, 0.15) is 11.6 Å². The summed E-state index contributed by atoms with van der Waals surface area (Å²) in [5, 5.41) is 2.67. The number of carbonyl (C=O) groups excluding carboxylic acids is 1. The molecule has 5 nitrogen and oxygen atoms in total. The van der Waals surface area contributed by atoms with E-state index in [9.17, 15) is 13.6 Å². The third-order valence-corrected chi connectivity index (χ3v) is 2.98. The summed E-state index contributed by atoms with van der Waals surface area (Å²) in [5.74, 6) is 3.51. The number of rotatable bonds is 4. The van der Waals surface area contributed by atoms with E-state index in [1.165, 1.54) is 18.3 Å². The van der Waals surface area contributed by atoms with Crippen LogP contribution < -0.4 is 16.6 Å². The molecular formula is C13H11ClF2N4O. The van der Waals surface area contributed by atoms with Crippen LogP contribution in [0.5, 0.6) is 0 Å². The predicted octanol–water partition coefficient (Wildman–Crippen LogP) is 2.23. The first kappa shape index (κ1) is 15.1. The minimum Gasteiger partial charge on any atom is -0.348 e. The number of anilines is 1. The summed E-state index contributed by atoms with van der Waals surface area (Å²) in [7, 11) is 0. The molecule has 1 heterocycles. The molecule has 8 heteroatoms. The topological polar surface area (TPSA) is 80.0 Å². The van der Waals surface area contributed by atoms with E-state index in [-0.39, 0.29) is 28.5 Å². The van der Waals surface area contributed by atoms with Crippen molar-refractivity contribution >= 4 is 23.3 Å². The van der Waals surface area contributed by atoms with Crippen LogP contribution in [0.2, 0.25) is 5.02 Å². The number of hydrogen-bond acceptors (Lipinski definition) is 4. The van der Waals surface area contributed by atoms with E-state index in [0.29, 0.717) is 0 Å². The lowest BCUT2D eigenvalue weighted by molar-refractivity contribution is 0.0950. The molecule has 0 saturated heterocycles. The van der Waals surface area contributed by atoms with Crippen molar-refractivity contribution in [1.82, 2.24) is 10.3 Å². The zero-order valence-corrected chi connectivity index (χ0v) is 11.4. The molecule has 0 aliphatic heterocycles. The number of benzene rings is 1. The molecule has 0 fully saturated rings. The smallest absolute Gasteiger partial charge is 0.253 e. The van der Waals surface area contributed by atoms with Gasteiger partial charge in [0.05, 0.1) is 10.6 Å². The van der Waals surface area contributed by atoms with Crippen molar-refractivity contribution in [3.63, 3.8) is 0 Å². The Kier molecular flexibility index (Phi) is 4.66. The summed E-state index contributed by atoms with van der Waals surface area (Å²) in [5.41, 5.74) is 2.64. The largest absolute Gasteiger partial charge is 0.348 e. The van der Waals surface area contributed by atoms with Crippen LogP contribution in [0.15, 0.2) is 30.5 Å². The second-order valence-electron chi connectivity index (χ2n) is 4.12. The Labute approximate surface area is 124 Å². The summed E-state index contributed by atoms with van der Waals surface area (Å²) < 4.78 is 26.2. The zero-order chi connectivity index (χ0) is 15.4. The van der Waals surface area contributed by atoms with Gasteiger partial charge in [0, 0.05) is 24.4 Å². The number of nitrogens with one attached hydrogen (secondary N) is 2. The molecule has 4 N–H and O–H groups in total. The summed E-state index contributed by atoms with van der Waals surface area (Å²) >= 11 is 5.85. The highest BCUT2D eigenvalue weighted by molar-refractivity contribution is 6.33. The fraction of sp³-hybridized carbons (Fsp3) is 0.0769. The highest BCUT2D eigenvalue weighted by Gasteiger charge is 2.11. The van der Waals surface area contributed by atoms with Gasteiger partial charge in [-0.2, -0.15) is 0 Å². The van der Waals surface area contributed by atoms with Gasteiger partial charge < -0.3 is 10.7 Å². The molecule has 0 atom stereocenters. The first-order valence-corrected chi connectivity index (χ1v) is 6.23. The fourth-order valence-electron chi connectivity index (χ4n) is 1.61. The SMILES string of the molecule is NNc1ncc(C(=O)NCc2ccc(F)cc2F)cc1Cl. The molecule has 1 aromatic heterocycles. The first-order valence-electron chi connectivity index (χ1n) is 5.85. The quantitative estimate of drug-likeness (QED) is 0.597. The third-order valence-electron chi connectivity index (χ3n) is 2.69. The van der Waals surface area contributed by atoms with E-state index in [1.54, 1.807) is 0 Å². The number of nitrogens with zero attached hydrogens (tertiary/aromatic N) is 1. The average Bonchev–Trinajstić information content (AvgIpc) is 2.46. The number of nitrogens with two attached hydrogens (primary N) is 1. The molecule has 0 bridgehead atoms. The number of hydrogen-bond donors (Lipinski definition) is 3. The van der Waals surface area contributed by atoms with E-state index in [1.807, 2.05) is 0 Å². The van der Waals surface area contributed by atoms with Crippen molar-refractivity contribution < 1.29 is 13.6 Å². The summed E-state index contributed by atoms with van der Waals surface area (Å²) in [6, 6.07) is 4.50. The third kappa shape index (κ3) is 3.65. The van der Waals surface area contributed by atoms with Crippen LogP contribution in [-0.2, 0) is 6.54 Å². The second-order valence-corrected chi connectivity index (χ2v) is 4.52. The van der Waals surface area contributed by atoms with E-state index >= 15 is 0 Å². The molecule has 0 saturated carbocycles. The molecule has 2 rings (SSSR count). The number of carbonyl (C=O) groups is 1. The van der Waals surface area contributed by atoms with Crippen molar-refractivity contribution in [3.8, 4) is 0 Å². The number of halogens is 3. The first-order chi connectivity index (χ1) is 10.0. The second kappa shape index (κ2) is 6.47. The van der Waals surface area contributed by atoms with Crippen LogP contribution in [0, 0.1) is 11.6 Å². The lowest BCUT2D eigenvalue weighted by Gasteiger charge is -2.08. The molecule has 1 amide bonds. The van der Waals surface area contributed by atoms with Gasteiger partial charge in [-0.1, -0.05) is 17.7 Å². The van der Waals surface area contributed by atoms with Crippen LogP contribution in [0.1, 0.15) is 15.9 Å². The van der Waals surface area contributed by atoms with Crippen LogP contribution in [-0.4, -0.2) is 10.9 Å². The molecule has 0 unspecified atom stereocenters. The maximum atomic E-state index is 13.4. The van der Waals surface area contributed by atoms with Crippen LogP contribution in [0.4, 0.5) is 14.6 Å². The van der Waals surface area contributed by atoms with E-state index in [0.717, 1.165) is 12.1 Å². The van der Waals surface area contributed by atoms with E-state index in [4.69, 9.17) is 17.4 Å². The maximum Gasteiger partial charge on any atom is 0.253 e. The van der Waals surface area contributed by atoms with E-state index in [2.05, 4.69) is 15.7 Å². The summed E-state index contributed by atoms with van der Waals surface area (Å²) in [6.07, 6.45) is 1.28. The Hall–Kier alpha value is -2.25. The van der Waals surface area contributed by atoms with Gasteiger partial charge in [-0.15, -0.1) is 0 Å². The molecule has 0 aliphatic rings. The number of pyridine rings is 1. The van der Waals surface area contributed by atoms with Crippen LogP contribution in [0.3, 0.4) is 0 Å². The van der Waals surface area contributed by atoms with Gasteiger partial charge in [-0.05, 0) is 12.1 Å². The van der Waals surface area contributed by atoms with Gasteiger partial charge in [0.15, 0.2) is 5.82 Å². The molecule has 0 radical (unpaired) electrons. The molecule has 21 heavy (non-hydrogen) atoms. The number of amides is 1. The molecule has 0 spiro atoms. The molecular weight excluding hydrogens is 302 g/mol. The Bertz CT molecular complexity index is 681. The lowest BCUT2D eigenvalue weighted by atomic mass is 10.2. The molecule has 110 valence electrons. The predicted molar refractivity (Wildman–Crippen MR) is 74.6 cm³/mol. The molecule has 1 aromatic carbocycles. The Morgan fingerprint density at radius 1 is 1.33 bits per heavy atom. The highest BCUT2D eigenvalue weighted by atomic mass is 35.5. The minimum atomic E-state index is -0.728. The summed E-state index contributed by atoms with van der Waals surface area (Å²) in [4.78, 5) is 15.7. The van der Waals surface area contributed by atoms with Gasteiger partial charge >= 0.3 is 0 Å². The van der Waals surface area contributed by atoms with Gasteiger partial charge in [-0.25, -0.2) is 19.6 Å². The lowest BCUT2D eigenvalue weighted by Crippen LogP contribution is -2.23. The van der Waals surface area contributed by atoms with Crippen LogP contribution >= 0.6 is 11.6 Å². The van der Waals surface area contributed by atoms with Crippen molar-refractivity contribution in [2.75, 3.05) is 5.43 Å².